The Balaban J connectivity index is 1.46. The van der Waals surface area contributed by atoms with Crippen LogP contribution in [0.1, 0.15) is 36.6 Å². The summed E-state index contributed by atoms with van der Waals surface area (Å²) in [6, 6.07) is 49.7. The van der Waals surface area contributed by atoms with Crippen LogP contribution in [0.3, 0.4) is 0 Å². The Kier molecular flexibility index (Phi) is 7.94. The Bertz CT molecular complexity index is 1860. The maximum Gasteiger partial charge on any atom is 0.0784 e. The van der Waals surface area contributed by atoms with E-state index >= 15 is 0 Å². The molecule has 0 amide bonds. The van der Waals surface area contributed by atoms with Gasteiger partial charge in [0.1, 0.15) is 0 Å². The van der Waals surface area contributed by atoms with Gasteiger partial charge in [0.15, 0.2) is 0 Å². The van der Waals surface area contributed by atoms with Crippen molar-refractivity contribution in [2.24, 2.45) is 5.41 Å². The van der Waals surface area contributed by atoms with E-state index < -0.39 is 5.41 Å². The Hall–Kier alpha value is -4.23. The number of nitrogens with zero attached hydrogens (tertiary/aromatic N) is 1. The lowest BCUT2D eigenvalue weighted by atomic mass is 9.85. The molecule has 0 saturated carbocycles. The molecule has 6 rings (SSSR count). The molecule has 3 heteroatoms. The average molecular weight is 578 g/mol. The van der Waals surface area contributed by atoms with E-state index in [1.807, 2.05) is 32.0 Å². The van der Waals surface area contributed by atoms with Crippen LogP contribution in [-0.2, 0) is 0 Å². The Morgan fingerprint density at radius 1 is 0.643 bits per heavy atom. The number of rotatable bonds is 7. The van der Waals surface area contributed by atoms with Gasteiger partial charge in [-0.2, -0.15) is 5.26 Å². The van der Waals surface area contributed by atoms with Crippen molar-refractivity contribution >= 4 is 49.7 Å². The maximum absolute atomic E-state index is 9.85. The van der Waals surface area contributed by atoms with Crippen molar-refractivity contribution in [3.63, 3.8) is 0 Å². The van der Waals surface area contributed by atoms with E-state index in [0.717, 1.165) is 9.76 Å². The van der Waals surface area contributed by atoms with Crippen LogP contribution in [0.5, 0.6) is 0 Å². The molecule has 0 aromatic heterocycles. The lowest BCUT2D eigenvalue weighted by molar-refractivity contribution is 0.448. The predicted octanol–water partition coefficient (Wildman–Crippen LogP) is 11.4. The van der Waals surface area contributed by atoms with Gasteiger partial charge < -0.3 is 0 Å². The number of hydrogen-bond acceptors (Lipinski definition) is 3. The largest absolute Gasteiger partial charge is 0.198 e. The fourth-order valence-corrected chi connectivity index (χ4v) is 7.54. The van der Waals surface area contributed by atoms with Crippen LogP contribution >= 0.6 is 24.0 Å². The third kappa shape index (κ3) is 5.61. The van der Waals surface area contributed by atoms with Gasteiger partial charge in [-0.25, -0.2) is 0 Å². The molecule has 0 heterocycles. The monoisotopic (exact) mass is 577 g/mol. The number of hydrogen-bond donors (Lipinski definition) is 0. The molecule has 1 atom stereocenters. The summed E-state index contributed by atoms with van der Waals surface area (Å²) in [5, 5.41) is 14.9. The Morgan fingerprint density at radius 2 is 1.07 bits per heavy atom. The number of benzene rings is 6. The van der Waals surface area contributed by atoms with Crippen molar-refractivity contribution in [2.75, 3.05) is 0 Å². The summed E-state index contributed by atoms with van der Waals surface area (Å²) in [7, 11) is 0. The Morgan fingerprint density at radius 3 is 1.55 bits per heavy atom. The number of thioether (sulfide) groups is 1. The highest BCUT2D eigenvalue weighted by molar-refractivity contribution is 8.23. The lowest BCUT2D eigenvalue weighted by Gasteiger charge is -2.25. The van der Waals surface area contributed by atoms with Crippen LogP contribution in [0.15, 0.2) is 133 Å². The predicted molar refractivity (Wildman–Crippen MR) is 185 cm³/mol. The summed E-state index contributed by atoms with van der Waals surface area (Å²) in [6.45, 7) is 4.01. The molecule has 0 aliphatic carbocycles. The van der Waals surface area contributed by atoms with Crippen LogP contribution in [0.25, 0.3) is 43.8 Å². The van der Waals surface area contributed by atoms with Gasteiger partial charge in [-0.1, -0.05) is 146 Å². The molecular weight excluding hydrogens is 547 g/mol. The van der Waals surface area contributed by atoms with Crippen molar-refractivity contribution in [3.05, 3.63) is 145 Å². The fraction of sp³-hybridized carbons (Fsp3) is 0.128. The zero-order valence-corrected chi connectivity index (χ0v) is 25.4. The summed E-state index contributed by atoms with van der Waals surface area (Å²) >= 11 is 7.54. The van der Waals surface area contributed by atoms with E-state index in [4.69, 9.17) is 12.2 Å². The number of fused-ring (bicyclic) bond motifs is 2. The van der Waals surface area contributed by atoms with Gasteiger partial charge >= 0.3 is 0 Å². The van der Waals surface area contributed by atoms with Gasteiger partial charge in [0, 0.05) is 5.25 Å². The van der Waals surface area contributed by atoms with Gasteiger partial charge in [0.25, 0.3) is 0 Å². The molecule has 0 N–H and O–H groups in total. The molecule has 0 radical (unpaired) electrons. The highest BCUT2D eigenvalue weighted by Gasteiger charge is 2.26. The van der Waals surface area contributed by atoms with Gasteiger partial charge in [0.2, 0.25) is 0 Å². The molecule has 1 unspecified atom stereocenters. The zero-order chi connectivity index (χ0) is 29.1. The van der Waals surface area contributed by atoms with E-state index in [1.165, 1.54) is 49.4 Å². The van der Waals surface area contributed by atoms with Crippen molar-refractivity contribution in [1.29, 1.82) is 5.26 Å². The van der Waals surface area contributed by atoms with Gasteiger partial charge in [-0.15, -0.1) is 11.8 Å². The molecule has 0 fully saturated rings. The molecule has 1 nitrogen and oxygen atoms in total. The number of nitriles is 1. The first-order valence-corrected chi connectivity index (χ1v) is 15.5. The third-order valence-corrected chi connectivity index (χ3v) is 9.52. The average Bonchev–Trinajstić information content (AvgIpc) is 3.04. The SMILES string of the molecule is CC(C)(C#N)CC(SC(=S)c1ccccc1)c1ccc(-c2c3ccccc3c(-c3ccccc3)c3ccccc23)cc1. The highest BCUT2D eigenvalue weighted by Crippen LogP contribution is 2.45. The first-order chi connectivity index (χ1) is 20.4. The second-order valence-electron chi connectivity index (χ2n) is 11.3. The van der Waals surface area contributed by atoms with Crippen molar-refractivity contribution in [1.82, 2.24) is 0 Å². The molecule has 0 bridgehead atoms. The van der Waals surface area contributed by atoms with Crippen molar-refractivity contribution in [3.8, 4) is 28.3 Å². The van der Waals surface area contributed by atoms with E-state index in [9.17, 15) is 5.26 Å². The summed E-state index contributed by atoms with van der Waals surface area (Å²) in [4.78, 5) is 0. The highest BCUT2D eigenvalue weighted by atomic mass is 32.2. The smallest absolute Gasteiger partial charge is 0.0784 e. The van der Waals surface area contributed by atoms with Gasteiger partial charge in [-0.05, 0) is 75.2 Å². The summed E-state index contributed by atoms with van der Waals surface area (Å²) in [6.07, 6.45) is 0.706. The lowest BCUT2D eigenvalue weighted by Crippen LogP contribution is -2.13. The normalized spacial score (nSPS) is 12.2. The topological polar surface area (TPSA) is 23.8 Å². The first-order valence-electron chi connectivity index (χ1n) is 14.2. The first kappa shape index (κ1) is 27.9. The molecule has 0 saturated heterocycles. The molecular formula is C39H31NS2. The van der Waals surface area contributed by atoms with Crippen molar-refractivity contribution in [2.45, 2.75) is 25.5 Å². The van der Waals surface area contributed by atoms with Crippen LogP contribution in [0.4, 0.5) is 0 Å². The second-order valence-corrected chi connectivity index (χ2v) is 13.2. The number of thiocarbonyl (C=S) groups is 1. The quantitative estimate of drug-likeness (QED) is 0.139. The van der Waals surface area contributed by atoms with E-state index in [1.54, 1.807) is 11.8 Å². The third-order valence-electron chi connectivity index (χ3n) is 7.82. The summed E-state index contributed by atoms with van der Waals surface area (Å²) in [5.41, 5.74) is 6.68. The summed E-state index contributed by atoms with van der Waals surface area (Å²) < 4.78 is 0.854. The molecule has 42 heavy (non-hydrogen) atoms. The minimum Gasteiger partial charge on any atom is -0.198 e. The summed E-state index contributed by atoms with van der Waals surface area (Å²) in [5.74, 6) is 0. The molecule has 0 spiro atoms. The molecule has 6 aromatic carbocycles. The standard InChI is InChI=1S/C39H31NS2/c1-39(2,26-40)25-35(42-38(41)30-15-7-4-8-16-30)27-21-23-29(24-22-27)37-33-19-11-9-17-31(33)36(28-13-5-3-6-14-28)32-18-10-12-20-34(32)37/h3-24,35H,25H2,1-2H3. The van der Waals surface area contributed by atoms with E-state index in [0.29, 0.717) is 6.42 Å². The maximum atomic E-state index is 9.85. The molecule has 204 valence electrons. The van der Waals surface area contributed by atoms with Crippen LogP contribution in [0.2, 0.25) is 0 Å². The Labute approximate surface area is 257 Å². The minimum absolute atomic E-state index is 0.0651. The molecule has 0 aliphatic heterocycles. The second kappa shape index (κ2) is 11.9. The zero-order valence-electron chi connectivity index (χ0n) is 23.7. The van der Waals surface area contributed by atoms with Crippen LogP contribution in [0, 0.1) is 16.7 Å². The van der Waals surface area contributed by atoms with Crippen LogP contribution in [-0.4, -0.2) is 4.20 Å². The van der Waals surface area contributed by atoms with Crippen LogP contribution < -0.4 is 0 Å². The molecule has 6 aromatic rings. The molecule has 0 aliphatic rings. The van der Waals surface area contributed by atoms with Gasteiger partial charge in [-0.3, -0.25) is 0 Å². The van der Waals surface area contributed by atoms with E-state index in [2.05, 4.69) is 121 Å². The van der Waals surface area contributed by atoms with E-state index in [-0.39, 0.29) is 5.25 Å². The van der Waals surface area contributed by atoms with Gasteiger partial charge in [0.05, 0.1) is 15.7 Å². The van der Waals surface area contributed by atoms with Crippen molar-refractivity contribution < 1.29 is 0 Å². The fourth-order valence-electron chi connectivity index (χ4n) is 5.73. The minimum atomic E-state index is -0.470.